The van der Waals surface area contributed by atoms with E-state index in [0.29, 0.717) is 31.3 Å². The summed E-state index contributed by atoms with van der Waals surface area (Å²) in [6.07, 6.45) is 1.87. The molecule has 2 saturated heterocycles. The van der Waals surface area contributed by atoms with E-state index in [-0.39, 0.29) is 30.8 Å². The molecule has 7 nitrogen and oxygen atoms in total. The van der Waals surface area contributed by atoms with Gasteiger partial charge in [0.25, 0.3) is 0 Å². The number of methoxy groups -OCH3 is 1. The highest BCUT2D eigenvalue weighted by Gasteiger charge is 2.48. The molecule has 2 aromatic carbocycles. The van der Waals surface area contributed by atoms with Crippen LogP contribution in [-0.4, -0.2) is 33.7 Å². The van der Waals surface area contributed by atoms with Crippen molar-refractivity contribution >= 4 is 0 Å². The van der Waals surface area contributed by atoms with Crippen LogP contribution in [0.25, 0.3) is 0 Å². The molecule has 0 amide bonds. The van der Waals surface area contributed by atoms with E-state index in [4.69, 9.17) is 33.5 Å². The van der Waals surface area contributed by atoms with Crippen molar-refractivity contribution in [2.75, 3.05) is 33.7 Å². The zero-order valence-electron chi connectivity index (χ0n) is 18.5. The number of ether oxygens (including phenoxy) is 5. The Balaban J connectivity index is 1.29. The molecule has 0 spiro atoms. The van der Waals surface area contributed by atoms with E-state index < -0.39 is 0 Å². The maximum atomic E-state index is 6.24. The summed E-state index contributed by atoms with van der Waals surface area (Å²) >= 11 is 0. The van der Waals surface area contributed by atoms with Crippen LogP contribution in [0, 0.1) is 11.8 Å². The molecular formula is C25H28O7. The number of fused-ring (bicyclic) bond motifs is 2. The van der Waals surface area contributed by atoms with E-state index in [1.807, 2.05) is 50.3 Å². The van der Waals surface area contributed by atoms with Gasteiger partial charge in [-0.2, -0.15) is 4.89 Å². The molecule has 0 N–H and O–H groups in total. The number of hydrogen-bond acceptors (Lipinski definition) is 7. The number of benzene rings is 2. The first kappa shape index (κ1) is 21.1. The Bertz CT molecular complexity index is 998. The van der Waals surface area contributed by atoms with E-state index in [1.165, 1.54) is 5.57 Å². The third kappa shape index (κ3) is 4.03. The lowest BCUT2D eigenvalue weighted by Crippen LogP contribution is -2.14. The fourth-order valence-corrected chi connectivity index (χ4v) is 4.55. The highest BCUT2D eigenvalue weighted by molar-refractivity contribution is 5.46. The van der Waals surface area contributed by atoms with Crippen molar-refractivity contribution < 1.29 is 33.5 Å². The summed E-state index contributed by atoms with van der Waals surface area (Å²) in [7, 11) is 1.62. The second-order valence-corrected chi connectivity index (χ2v) is 8.51. The van der Waals surface area contributed by atoms with Crippen molar-refractivity contribution in [3.63, 3.8) is 0 Å². The Hall–Kier alpha value is -2.74. The predicted octanol–water partition coefficient (Wildman–Crippen LogP) is 4.78. The lowest BCUT2D eigenvalue weighted by atomic mass is 9.85. The standard InChI is InChI=1S/C25H28O7/c1-15(2)8-9-31-32-21-7-5-16(10-22(21)26-3)24-18-12-28-25(19(18)13-27-24)17-4-6-20-23(11-17)30-14-29-20/h4-8,10-11,18-19,24-25H,9,12-14H2,1-3H3/t18-,19-,24+,25+/m1/s1. The summed E-state index contributed by atoms with van der Waals surface area (Å²) in [5.41, 5.74) is 3.31. The third-order valence-electron chi connectivity index (χ3n) is 6.21. The first-order valence-electron chi connectivity index (χ1n) is 10.9. The van der Waals surface area contributed by atoms with E-state index in [0.717, 1.165) is 22.6 Å². The van der Waals surface area contributed by atoms with Crippen molar-refractivity contribution in [1.29, 1.82) is 0 Å². The van der Waals surface area contributed by atoms with Crippen LogP contribution in [0.2, 0.25) is 0 Å². The van der Waals surface area contributed by atoms with Gasteiger partial charge >= 0.3 is 0 Å². The van der Waals surface area contributed by atoms with Gasteiger partial charge in [-0.05, 0) is 49.2 Å². The normalized spacial score (nSPS) is 25.5. The topological polar surface area (TPSA) is 64.6 Å². The van der Waals surface area contributed by atoms with Crippen LogP contribution in [0.4, 0.5) is 0 Å². The van der Waals surface area contributed by atoms with Crippen LogP contribution in [0.5, 0.6) is 23.0 Å². The Morgan fingerprint density at radius 3 is 2.31 bits per heavy atom. The first-order valence-corrected chi connectivity index (χ1v) is 10.9. The molecule has 0 unspecified atom stereocenters. The number of hydrogen-bond donors (Lipinski definition) is 0. The number of rotatable bonds is 7. The molecular weight excluding hydrogens is 412 g/mol. The molecule has 3 aliphatic heterocycles. The van der Waals surface area contributed by atoms with E-state index in [1.54, 1.807) is 7.11 Å². The van der Waals surface area contributed by atoms with E-state index in [2.05, 4.69) is 6.07 Å². The predicted molar refractivity (Wildman–Crippen MR) is 116 cm³/mol. The van der Waals surface area contributed by atoms with Crippen LogP contribution < -0.4 is 19.1 Å². The van der Waals surface area contributed by atoms with Crippen molar-refractivity contribution in [3.05, 3.63) is 59.2 Å². The average Bonchev–Trinajstić information content (AvgIpc) is 3.52. The van der Waals surface area contributed by atoms with Gasteiger partial charge in [-0.15, -0.1) is 0 Å². The van der Waals surface area contributed by atoms with Gasteiger partial charge in [0, 0.05) is 11.8 Å². The Morgan fingerprint density at radius 2 is 1.59 bits per heavy atom. The largest absolute Gasteiger partial charge is 0.493 e. The molecule has 0 bridgehead atoms. The average molecular weight is 440 g/mol. The molecule has 0 aliphatic carbocycles. The monoisotopic (exact) mass is 440 g/mol. The summed E-state index contributed by atoms with van der Waals surface area (Å²) in [6, 6.07) is 11.8. The number of allylic oxidation sites excluding steroid dienone is 1. The molecule has 2 fully saturated rings. The Morgan fingerprint density at radius 1 is 0.906 bits per heavy atom. The molecule has 3 aliphatic rings. The van der Waals surface area contributed by atoms with Gasteiger partial charge < -0.3 is 28.6 Å². The maximum absolute atomic E-state index is 6.24. The third-order valence-corrected chi connectivity index (χ3v) is 6.21. The minimum absolute atomic E-state index is 0.0209. The molecule has 170 valence electrons. The quantitative estimate of drug-likeness (QED) is 0.266. The zero-order chi connectivity index (χ0) is 22.1. The molecule has 4 atom stereocenters. The van der Waals surface area contributed by atoms with E-state index >= 15 is 0 Å². The van der Waals surface area contributed by atoms with Gasteiger partial charge in [-0.1, -0.05) is 23.8 Å². The highest BCUT2D eigenvalue weighted by atomic mass is 17.2. The van der Waals surface area contributed by atoms with Crippen LogP contribution in [0.15, 0.2) is 48.0 Å². The Kier molecular flexibility index (Phi) is 5.95. The lowest BCUT2D eigenvalue weighted by Gasteiger charge is -2.18. The second-order valence-electron chi connectivity index (χ2n) is 8.51. The lowest BCUT2D eigenvalue weighted by molar-refractivity contribution is -0.196. The molecule has 2 aromatic rings. The molecule has 0 radical (unpaired) electrons. The van der Waals surface area contributed by atoms with Crippen molar-refractivity contribution in [3.8, 4) is 23.0 Å². The maximum Gasteiger partial charge on any atom is 0.231 e. The fraction of sp³-hybridized carbons (Fsp3) is 0.440. The molecule has 32 heavy (non-hydrogen) atoms. The van der Waals surface area contributed by atoms with Gasteiger partial charge in [0.1, 0.15) is 6.61 Å². The van der Waals surface area contributed by atoms with Crippen LogP contribution >= 0.6 is 0 Å². The summed E-state index contributed by atoms with van der Waals surface area (Å²) in [5.74, 6) is 3.23. The second kappa shape index (κ2) is 9.02. The van der Waals surface area contributed by atoms with Gasteiger partial charge in [0.2, 0.25) is 12.5 Å². The fourth-order valence-electron chi connectivity index (χ4n) is 4.55. The van der Waals surface area contributed by atoms with E-state index in [9.17, 15) is 0 Å². The molecule has 0 aromatic heterocycles. The Labute approximate surface area is 187 Å². The van der Waals surface area contributed by atoms with Crippen LogP contribution in [0.1, 0.15) is 37.2 Å². The van der Waals surface area contributed by atoms with Crippen LogP contribution in [-0.2, 0) is 14.4 Å². The van der Waals surface area contributed by atoms with Gasteiger partial charge in [0.15, 0.2) is 17.2 Å². The first-order chi connectivity index (χ1) is 15.6. The minimum Gasteiger partial charge on any atom is -0.493 e. The summed E-state index contributed by atoms with van der Waals surface area (Å²) in [6.45, 7) is 5.95. The van der Waals surface area contributed by atoms with Crippen molar-refractivity contribution in [1.82, 2.24) is 0 Å². The molecule has 0 saturated carbocycles. The molecule has 3 heterocycles. The van der Waals surface area contributed by atoms with Gasteiger partial charge in [-0.3, -0.25) is 0 Å². The molecule has 5 rings (SSSR count). The van der Waals surface area contributed by atoms with Gasteiger partial charge in [0.05, 0.1) is 32.5 Å². The SMILES string of the molecule is COc1cc([C@@H]2OC[C@@H]3[C@H]2CO[C@H]3c2ccc3c(c2)OCO3)ccc1OOCC=C(C)C. The van der Waals surface area contributed by atoms with Gasteiger partial charge in [-0.25, -0.2) is 0 Å². The summed E-state index contributed by atoms with van der Waals surface area (Å²) < 4.78 is 29.0. The smallest absolute Gasteiger partial charge is 0.231 e. The molecule has 7 heteroatoms. The summed E-state index contributed by atoms with van der Waals surface area (Å²) in [4.78, 5) is 10.7. The highest BCUT2D eigenvalue weighted by Crippen LogP contribution is 2.51. The van der Waals surface area contributed by atoms with Crippen molar-refractivity contribution in [2.24, 2.45) is 11.8 Å². The summed E-state index contributed by atoms with van der Waals surface area (Å²) in [5, 5.41) is 0. The van der Waals surface area contributed by atoms with Crippen molar-refractivity contribution in [2.45, 2.75) is 26.1 Å². The van der Waals surface area contributed by atoms with Crippen LogP contribution in [0.3, 0.4) is 0 Å². The zero-order valence-corrected chi connectivity index (χ0v) is 18.5. The minimum atomic E-state index is -0.0615.